The fraction of sp³-hybridized carbons (Fsp3) is 0.533. The topological polar surface area (TPSA) is 53.0 Å². The van der Waals surface area contributed by atoms with Crippen LogP contribution in [0.5, 0.6) is 5.75 Å². The molecule has 20 heavy (non-hydrogen) atoms. The lowest BCUT2D eigenvalue weighted by Gasteiger charge is -2.36. The van der Waals surface area contributed by atoms with Crippen molar-refractivity contribution in [2.24, 2.45) is 0 Å². The summed E-state index contributed by atoms with van der Waals surface area (Å²) in [4.78, 5) is 15.0. The second kappa shape index (κ2) is 5.32. The molecule has 0 atom stereocenters. The van der Waals surface area contributed by atoms with Crippen molar-refractivity contribution in [2.75, 3.05) is 13.8 Å². The lowest BCUT2D eigenvalue weighted by Crippen LogP contribution is -2.49. The van der Waals surface area contributed by atoms with E-state index in [1.54, 1.807) is 7.11 Å². The van der Waals surface area contributed by atoms with Gasteiger partial charge >= 0.3 is 6.09 Å². The van der Waals surface area contributed by atoms with Gasteiger partial charge in [-0.1, -0.05) is 6.07 Å². The van der Waals surface area contributed by atoms with Crippen LogP contribution in [0, 0.1) is 0 Å². The molecule has 1 aromatic rings. The summed E-state index contributed by atoms with van der Waals surface area (Å²) in [5, 5.41) is 9.35. The minimum absolute atomic E-state index is 0.404. The third-order valence-corrected chi connectivity index (χ3v) is 3.58. The number of ether oxygens (including phenoxy) is 1. The Balaban J connectivity index is 2.09. The van der Waals surface area contributed by atoms with E-state index in [9.17, 15) is 9.90 Å². The van der Waals surface area contributed by atoms with Crippen LogP contribution >= 0.6 is 0 Å². The van der Waals surface area contributed by atoms with Crippen molar-refractivity contribution >= 4 is 6.09 Å². The van der Waals surface area contributed by atoms with Crippen LogP contribution in [0.15, 0.2) is 18.2 Å². The van der Waals surface area contributed by atoms with Crippen LogP contribution in [0.1, 0.15) is 31.9 Å². The maximum atomic E-state index is 11.4. The van der Waals surface area contributed by atoms with E-state index in [2.05, 4.69) is 11.0 Å². The molecule has 1 amide bonds. The first-order valence-electron chi connectivity index (χ1n) is 6.70. The van der Waals surface area contributed by atoms with Crippen molar-refractivity contribution < 1.29 is 14.6 Å². The monoisotopic (exact) mass is 278 g/mol. The van der Waals surface area contributed by atoms with Gasteiger partial charge < -0.3 is 9.84 Å². The van der Waals surface area contributed by atoms with E-state index in [1.807, 2.05) is 32.9 Å². The number of benzene rings is 1. The number of carbonyl (C=O) groups is 1. The van der Waals surface area contributed by atoms with Gasteiger partial charge in [-0.05, 0) is 44.0 Å². The first-order valence-corrected chi connectivity index (χ1v) is 6.70. The van der Waals surface area contributed by atoms with Gasteiger partial charge in [0.1, 0.15) is 5.75 Å². The van der Waals surface area contributed by atoms with Crippen LogP contribution in [0.25, 0.3) is 0 Å². The van der Waals surface area contributed by atoms with Crippen molar-refractivity contribution in [3.05, 3.63) is 29.3 Å². The summed E-state index contributed by atoms with van der Waals surface area (Å²) >= 11 is 0. The first kappa shape index (κ1) is 14.7. The molecular weight excluding hydrogens is 256 g/mol. The number of rotatable bonds is 3. The smallest absolute Gasteiger partial charge is 0.408 e. The zero-order chi connectivity index (χ0) is 14.9. The van der Waals surface area contributed by atoms with E-state index in [-0.39, 0.29) is 0 Å². The Morgan fingerprint density at radius 3 is 2.55 bits per heavy atom. The molecule has 1 aliphatic heterocycles. The van der Waals surface area contributed by atoms with Crippen LogP contribution < -0.4 is 4.74 Å². The van der Waals surface area contributed by atoms with E-state index in [0.717, 1.165) is 18.8 Å². The molecule has 110 valence electrons. The van der Waals surface area contributed by atoms with Crippen molar-refractivity contribution in [2.45, 2.75) is 39.4 Å². The summed E-state index contributed by atoms with van der Waals surface area (Å²) in [6.45, 7) is 7.68. The van der Waals surface area contributed by atoms with Crippen LogP contribution in [-0.4, -0.2) is 40.3 Å². The molecule has 0 spiro atoms. The molecule has 5 heteroatoms. The standard InChI is InChI=1S/C15H22N2O3/c1-15(2,3)17(14(18)19)10-16-8-11-5-6-13(20-4)7-12(11)9-16/h5-7H,8-10H2,1-4H3,(H,18,19). The number of amides is 1. The molecule has 5 nitrogen and oxygen atoms in total. The van der Waals surface area contributed by atoms with Crippen molar-refractivity contribution in [1.29, 1.82) is 0 Å². The molecular formula is C15H22N2O3. The summed E-state index contributed by atoms with van der Waals surface area (Å²) in [5.41, 5.74) is 2.05. The highest BCUT2D eigenvalue weighted by Crippen LogP contribution is 2.27. The molecule has 0 fully saturated rings. The van der Waals surface area contributed by atoms with Crippen LogP contribution in [0.4, 0.5) is 4.79 Å². The number of hydrogen-bond donors (Lipinski definition) is 1. The van der Waals surface area contributed by atoms with Crippen LogP contribution in [0.3, 0.4) is 0 Å². The molecule has 1 aromatic carbocycles. The number of nitrogens with zero attached hydrogens (tertiary/aromatic N) is 2. The second-order valence-electron chi connectivity index (χ2n) is 6.14. The first-order chi connectivity index (χ1) is 9.31. The van der Waals surface area contributed by atoms with E-state index in [4.69, 9.17) is 4.74 Å². The Hall–Kier alpha value is -1.75. The molecule has 0 radical (unpaired) electrons. The maximum absolute atomic E-state index is 11.4. The molecule has 1 N–H and O–H groups in total. The highest BCUT2D eigenvalue weighted by atomic mass is 16.5. The third-order valence-electron chi connectivity index (χ3n) is 3.58. The largest absolute Gasteiger partial charge is 0.497 e. The Bertz CT molecular complexity index is 508. The third kappa shape index (κ3) is 3.04. The van der Waals surface area contributed by atoms with Gasteiger partial charge in [-0.25, -0.2) is 4.79 Å². The summed E-state index contributed by atoms with van der Waals surface area (Å²) in [6.07, 6.45) is -0.883. The minimum atomic E-state index is -0.883. The fourth-order valence-corrected chi connectivity index (χ4v) is 2.43. The summed E-state index contributed by atoms with van der Waals surface area (Å²) in [6, 6.07) is 6.02. The van der Waals surface area contributed by atoms with Crippen LogP contribution in [-0.2, 0) is 13.1 Å². The predicted molar refractivity (Wildman–Crippen MR) is 76.7 cm³/mol. The molecule has 0 aliphatic carbocycles. The summed E-state index contributed by atoms with van der Waals surface area (Å²) in [7, 11) is 1.65. The van der Waals surface area contributed by atoms with Crippen LogP contribution in [0.2, 0.25) is 0 Å². The van der Waals surface area contributed by atoms with Gasteiger partial charge in [0, 0.05) is 18.6 Å². The van der Waals surface area contributed by atoms with Crippen molar-refractivity contribution in [3.8, 4) is 5.75 Å². The highest BCUT2D eigenvalue weighted by Gasteiger charge is 2.30. The Morgan fingerprint density at radius 2 is 2.00 bits per heavy atom. The molecule has 0 unspecified atom stereocenters. The lowest BCUT2D eigenvalue weighted by atomic mass is 10.1. The SMILES string of the molecule is COc1ccc2c(c1)CN(CN(C(=O)O)C(C)(C)C)C2. The molecule has 1 heterocycles. The molecule has 0 saturated carbocycles. The lowest BCUT2D eigenvalue weighted by molar-refractivity contribution is 0.0530. The van der Waals surface area contributed by atoms with Gasteiger partial charge in [-0.2, -0.15) is 0 Å². The number of hydrogen-bond acceptors (Lipinski definition) is 3. The van der Waals surface area contributed by atoms with Gasteiger partial charge in [-0.3, -0.25) is 9.80 Å². The summed E-state index contributed by atoms with van der Waals surface area (Å²) < 4.78 is 5.23. The average Bonchev–Trinajstić information content (AvgIpc) is 2.75. The molecule has 0 bridgehead atoms. The van der Waals surface area contributed by atoms with Gasteiger partial charge in [-0.15, -0.1) is 0 Å². The van der Waals surface area contributed by atoms with E-state index >= 15 is 0 Å². The fourth-order valence-electron chi connectivity index (χ4n) is 2.43. The number of methoxy groups -OCH3 is 1. The van der Waals surface area contributed by atoms with Gasteiger partial charge in [0.15, 0.2) is 0 Å². The number of fused-ring (bicyclic) bond motifs is 1. The normalized spacial score (nSPS) is 15.0. The summed E-state index contributed by atoms with van der Waals surface area (Å²) in [5.74, 6) is 0.844. The number of carboxylic acid groups (broad SMARTS) is 1. The average molecular weight is 278 g/mol. The van der Waals surface area contributed by atoms with E-state index in [0.29, 0.717) is 6.67 Å². The Kier molecular flexibility index (Phi) is 3.90. The zero-order valence-corrected chi connectivity index (χ0v) is 12.5. The maximum Gasteiger partial charge on any atom is 0.408 e. The minimum Gasteiger partial charge on any atom is -0.497 e. The van der Waals surface area contributed by atoms with E-state index < -0.39 is 11.6 Å². The molecule has 0 aromatic heterocycles. The zero-order valence-electron chi connectivity index (χ0n) is 12.5. The van der Waals surface area contributed by atoms with Gasteiger partial charge in [0.25, 0.3) is 0 Å². The van der Waals surface area contributed by atoms with Crippen molar-refractivity contribution in [3.63, 3.8) is 0 Å². The Morgan fingerprint density at radius 1 is 1.35 bits per heavy atom. The van der Waals surface area contributed by atoms with E-state index in [1.165, 1.54) is 16.0 Å². The van der Waals surface area contributed by atoms with Gasteiger partial charge in [0.05, 0.1) is 13.8 Å². The Labute approximate surface area is 119 Å². The molecule has 1 aliphatic rings. The molecule has 0 saturated heterocycles. The quantitative estimate of drug-likeness (QED) is 0.923. The second-order valence-corrected chi connectivity index (χ2v) is 6.14. The predicted octanol–water partition coefficient (Wildman–Crippen LogP) is 2.75. The molecule has 2 rings (SSSR count). The van der Waals surface area contributed by atoms with Crippen molar-refractivity contribution in [1.82, 2.24) is 9.80 Å². The van der Waals surface area contributed by atoms with Gasteiger partial charge in [0.2, 0.25) is 0 Å². The highest BCUT2D eigenvalue weighted by molar-refractivity contribution is 5.65.